The van der Waals surface area contributed by atoms with E-state index in [1.165, 1.54) is 11.1 Å². The number of aliphatic hydroxyl groups excluding tert-OH is 1. The van der Waals surface area contributed by atoms with Crippen LogP contribution < -0.4 is 0 Å². The largest absolute Gasteiger partial charge is 0.508 e. The number of phenolic OH excluding ortho intramolecular Hbond substituents is 1. The van der Waals surface area contributed by atoms with Gasteiger partial charge in [0.1, 0.15) is 5.75 Å². The van der Waals surface area contributed by atoms with Crippen LogP contribution in [0.1, 0.15) is 28.4 Å². The molecule has 1 unspecified atom stereocenters. The third-order valence-corrected chi connectivity index (χ3v) is 4.57. The highest BCUT2D eigenvalue weighted by molar-refractivity contribution is 5.89. The zero-order valence-electron chi connectivity index (χ0n) is 12.6. The zero-order chi connectivity index (χ0) is 15.4. The lowest BCUT2D eigenvalue weighted by Crippen LogP contribution is -2.13. The summed E-state index contributed by atoms with van der Waals surface area (Å²) >= 11 is 0. The first-order chi connectivity index (χ1) is 10.5. The summed E-state index contributed by atoms with van der Waals surface area (Å²) in [6.07, 6.45) is -0.0635. The number of aromatic nitrogens is 1. The number of aromatic hydroxyl groups is 1. The Morgan fingerprint density at radius 1 is 1.09 bits per heavy atom. The maximum atomic E-state index is 10.4. The first-order valence-electron chi connectivity index (χ1n) is 7.46. The molecule has 2 N–H and O–H groups in total. The summed E-state index contributed by atoms with van der Waals surface area (Å²) in [6.45, 7) is 4.17. The molecule has 22 heavy (non-hydrogen) atoms. The van der Waals surface area contributed by atoms with Gasteiger partial charge in [-0.05, 0) is 60.9 Å². The van der Waals surface area contributed by atoms with E-state index in [1.54, 1.807) is 12.1 Å². The number of hydrogen-bond acceptors (Lipinski definition) is 3. The SMILES string of the molecule is Cc1ccc2nc3c(c(C)c2c1)CC(O)c1cc(O)ccc1-3. The van der Waals surface area contributed by atoms with Gasteiger partial charge in [-0.2, -0.15) is 0 Å². The minimum Gasteiger partial charge on any atom is -0.508 e. The molecule has 0 aliphatic heterocycles. The van der Waals surface area contributed by atoms with Crippen LogP contribution in [0.3, 0.4) is 0 Å². The Hall–Kier alpha value is -2.39. The van der Waals surface area contributed by atoms with E-state index < -0.39 is 6.10 Å². The lowest BCUT2D eigenvalue weighted by atomic mass is 9.83. The minimum atomic E-state index is -0.600. The number of nitrogens with zero attached hydrogens (tertiary/aromatic N) is 1. The predicted molar refractivity (Wildman–Crippen MR) is 87.0 cm³/mol. The molecule has 0 saturated heterocycles. The number of aryl methyl sites for hydroxylation is 2. The monoisotopic (exact) mass is 291 g/mol. The van der Waals surface area contributed by atoms with Crippen LogP contribution >= 0.6 is 0 Å². The average molecular weight is 291 g/mol. The Balaban J connectivity index is 2.08. The van der Waals surface area contributed by atoms with Crippen molar-refractivity contribution in [3.8, 4) is 17.0 Å². The summed E-state index contributed by atoms with van der Waals surface area (Å²) in [5, 5.41) is 21.3. The molecule has 0 saturated carbocycles. The van der Waals surface area contributed by atoms with Crippen molar-refractivity contribution in [1.29, 1.82) is 0 Å². The van der Waals surface area contributed by atoms with E-state index >= 15 is 0 Å². The molecule has 2 aromatic carbocycles. The van der Waals surface area contributed by atoms with Gasteiger partial charge in [0.25, 0.3) is 0 Å². The second-order valence-electron chi connectivity index (χ2n) is 6.08. The Morgan fingerprint density at radius 3 is 2.73 bits per heavy atom. The predicted octanol–water partition coefficient (Wildman–Crippen LogP) is 3.81. The Kier molecular flexibility index (Phi) is 2.75. The third kappa shape index (κ3) is 1.82. The van der Waals surface area contributed by atoms with Gasteiger partial charge < -0.3 is 10.2 Å². The molecule has 0 amide bonds. The highest BCUT2D eigenvalue weighted by Gasteiger charge is 2.26. The van der Waals surface area contributed by atoms with E-state index in [1.807, 2.05) is 12.1 Å². The zero-order valence-corrected chi connectivity index (χ0v) is 12.6. The maximum absolute atomic E-state index is 10.4. The quantitative estimate of drug-likeness (QED) is 0.662. The highest BCUT2D eigenvalue weighted by Crippen LogP contribution is 2.41. The molecule has 1 atom stereocenters. The lowest BCUT2D eigenvalue weighted by molar-refractivity contribution is 0.176. The molecule has 0 spiro atoms. The molecule has 3 heteroatoms. The topological polar surface area (TPSA) is 53.4 Å². The van der Waals surface area contributed by atoms with Gasteiger partial charge in [0.15, 0.2) is 0 Å². The third-order valence-electron chi connectivity index (χ3n) is 4.57. The second kappa shape index (κ2) is 4.55. The first-order valence-corrected chi connectivity index (χ1v) is 7.46. The number of pyridine rings is 1. The van der Waals surface area contributed by atoms with Crippen molar-refractivity contribution < 1.29 is 10.2 Å². The molecular weight excluding hydrogens is 274 g/mol. The summed E-state index contributed by atoms with van der Waals surface area (Å²) in [5.74, 6) is 0.175. The summed E-state index contributed by atoms with van der Waals surface area (Å²) in [5.41, 5.74) is 7.05. The van der Waals surface area contributed by atoms with Gasteiger partial charge >= 0.3 is 0 Å². The van der Waals surface area contributed by atoms with Crippen LogP contribution in [0.2, 0.25) is 0 Å². The number of benzene rings is 2. The fourth-order valence-corrected chi connectivity index (χ4v) is 3.39. The van der Waals surface area contributed by atoms with Gasteiger partial charge in [-0.25, -0.2) is 4.98 Å². The van der Waals surface area contributed by atoms with Gasteiger partial charge in [-0.1, -0.05) is 11.6 Å². The van der Waals surface area contributed by atoms with Crippen molar-refractivity contribution in [3.05, 3.63) is 58.7 Å². The van der Waals surface area contributed by atoms with Crippen molar-refractivity contribution in [2.75, 3.05) is 0 Å². The molecule has 1 aliphatic carbocycles. The van der Waals surface area contributed by atoms with Crippen molar-refractivity contribution in [1.82, 2.24) is 4.98 Å². The number of rotatable bonds is 0. The van der Waals surface area contributed by atoms with E-state index in [4.69, 9.17) is 4.98 Å². The molecule has 1 aliphatic rings. The molecule has 3 aromatic rings. The molecule has 4 rings (SSSR count). The smallest absolute Gasteiger partial charge is 0.115 e. The van der Waals surface area contributed by atoms with Gasteiger partial charge in [-0.3, -0.25) is 0 Å². The van der Waals surface area contributed by atoms with E-state index in [9.17, 15) is 10.2 Å². The van der Waals surface area contributed by atoms with Crippen LogP contribution in [0.4, 0.5) is 0 Å². The molecule has 0 bridgehead atoms. The van der Waals surface area contributed by atoms with Crippen molar-refractivity contribution >= 4 is 10.9 Å². The molecular formula is C19H17NO2. The molecule has 3 nitrogen and oxygen atoms in total. The summed E-state index contributed by atoms with van der Waals surface area (Å²) in [6, 6.07) is 11.4. The number of fused-ring (bicyclic) bond motifs is 4. The van der Waals surface area contributed by atoms with Crippen molar-refractivity contribution in [3.63, 3.8) is 0 Å². The van der Waals surface area contributed by atoms with E-state index in [0.29, 0.717) is 6.42 Å². The normalized spacial score (nSPS) is 16.4. The standard InChI is InChI=1S/C19H17NO2/c1-10-3-6-17-14(7-10)11(2)15-9-18(22)16-8-12(21)4-5-13(16)19(15)20-17/h3-8,18,21-22H,9H2,1-2H3. The van der Waals surface area contributed by atoms with Crippen LogP contribution in [-0.4, -0.2) is 15.2 Å². The Bertz CT molecular complexity index is 915. The van der Waals surface area contributed by atoms with Crippen LogP contribution in [-0.2, 0) is 6.42 Å². The lowest BCUT2D eigenvalue weighted by Gasteiger charge is -2.26. The average Bonchev–Trinajstić information content (AvgIpc) is 2.50. The van der Waals surface area contributed by atoms with Gasteiger partial charge in [0.05, 0.1) is 17.3 Å². The van der Waals surface area contributed by atoms with Crippen LogP contribution in [0, 0.1) is 13.8 Å². The van der Waals surface area contributed by atoms with Crippen LogP contribution in [0.5, 0.6) is 5.75 Å². The number of hydrogen-bond donors (Lipinski definition) is 2. The second-order valence-corrected chi connectivity index (χ2v) is 6.08. The van der Waals surface area contributed by atoms with Crippen molar-refractivity contribution in [2.24, 2.45) is 0 Å². The fourth-order valence-electron chi connectivity index (χ4n) is 3.39. The fraction of sp³-hybridized carbons (Fsp3) is 0.211. The van der Waals surface area contributed by atoms with Gasteiger partial charge in [0.2, 0.25) is 0 Å². The first kappa shape index (κ1) is 13.3. The van der Waals surface area contributed by atoms with Gasteiger partial charge in [0, 0.05) is 17.4 Å². The highest BCUT2D eigenvalue weighted by atomic mass is 16.3. The van der Waals surface area contributed by atoms with E-state index in [2.05, 4.69) is 26.0 Å². The van der Waals surface area contributed by atoms with E-state index in [0.717, 1.165) is 33.3 Å². The Labute approximate surface area is 128 Å². The molecule has 0 fully saturated rings. The summed E-state index contributed by atoms with van der Waals surface area (Å²) in [7, 11) is 0. The van der Waals surface area contributed by atoms with Gasteiger partial charge in [-0.15, -0.1) is 0 Å². The van der Waals surface area contributed by atoms with Crippen molar-refractivity contribution in [2.45, 2.75) is 26.4 Å². The van der Waals surface area contributed by atoms with Crippen LogP contribution in [0.25, 0.3) is 22.2 Å². The molecule has 0 radical (unpaired) electrons. The molecule has 1 heterocycles. The maximum Gasteiger partial charge on any atom is 0.115 e. The number of aliphatic hydroxyl groups is 1. The summed E-state index contributed by atoms with van der Waals surface area (Å²) < 4.78 is 0. The van der Waals surface area contributed by atoms with Crippen LogP contribution in [0.15, 0.2) is 36.4 Å². The molecule has 1 aromatic heterocycles. The minimum absolute atomic E-state index is 0.175. The summed E-state index contributed by atoms with van der Waals surface area (Å²) in [4.78, 5) is 4.83. The van der Waals surface area contributed by atoms with E-state index in [-0.39, 0.29) is 5.75 Å². The number of phenols is 1. The Morgan fingerprint density at radius 2 is 1.91 bits per heavy atom. The molecule has 110 valence electrons.